The van der Waals surface area contributed by atoms with E-state index in [4.69, 9.17) is 32.7 Å². The van der Waals surface area contributed by atoms with Gasteiger partial charge >= 0.3 is 0 Å². The smallest absolute Gasteiger partial charge is 0.139 e. The Morgan fingerprint density at radius 1 is 1.11 bits per heavy atom. The molecule has 108 valence electrons. The number of benzene rings is 1. The highest BCUT2D eigenvalue weighted by atomic mass is 35.5. The topological polar surface area (TPSA) is 30.5 Å². The lowest BCUT2D eigenvalue weighted by Gasteiger charge is -2.09. The Morgan fingerprint density at radius 3 is 2.74 bits per heavy atom. The second-order valence-electron chi connectivity index (χ2n) is 4.05. The van der Waals surface area contributed by atoms with Gasteiger partial charge in [0.05, 0.1) is 5.02 Å². The van der Waals surface area contributed by atoms with Crippen LogP contribution in [0.25, 0.3) is 0 Å². The van der Waals surface area contributed by atoms with E-state index in [2.05, 4.69) is 5.32 Å². The first kappa shape index (κ1) is 16.6. The quantitative estimate of drug-likeness (QED) is 0.667. The minimum Gasteiger partial charge on any atom is -0.491 e. The summed E-state index contributed by atoms with van der Waals surface area (Å²) < 4.78 is 10.8. The summed E-state index contributed by atoms with van der Waals surface area (Å²) in [7, 11) is 0. The fourth-order valence-corrected chi connectivity index (χ4v) is 1.90. The molecule has 0 heterocycles. The molecule has 1 rings (SSSR count). The fourth-order valence-electron chi connectivity index (χ4n) is 1.55. The van der Waals surface area contributed by atoms with Crippen LogP contribution in [0.15, 0.2) is 18.2 Å². The van der Waals surface area contributed by atoms with Crippen molar-refractivity contribution in [2.75, 3.05) is 32.9 Å². The van der Waals surface area contributed by atoms with E-state index in [0.717, 1.165) is 39.1 Å². The number of unbranched alkanes of at least 4 members (excludes halogenated alkanes) is 1. The molecule has 19 heavy (non-hydrogen) atoms. The molecule has 0 aliphatic carbocycles. The van der Waals surface area contributed by atoms with E-state index in [9.17, 15) is 0 Å². The van der Waals surface area contributed by atoms with E-state index in [1.807, 2.05) is 19.1 Å². The molecule has 0 amide bonds. The van der Waals surface area contributed by atoms with Crippen LogP contribution in [0.3, 0.4) is 0 Å². The van der Waals surface area contributed by atoms with Gasteiger partial charge in [-0.3, -0.25) is 0 Å². The predicted octanol–water partition coefficient (Wildman–Crippen LogP) is 3.78. The van der Waals surface area contributed by atoms with Crippen LogP contribution < -0.4 is 10.1 Å². The van der Waals surface area contributed by atoms with E-state index in [0.29, 0.717) is 22.4 Å². The van der Waals surface area contributed by atoms with Gasteiger partial charge in [-0.05, 0) is 38.4 Å². The van der Waals surface area contributed by atoms with Gasteiger partial charge < -0.3 is 14.8 Å². The van der Waals surface area contributed by atoms with E-state index < -0.39 is 0 Å². The molecule has 5 heteroatoms. The van der Waals surface area contributed by atoms with Gasteiger partial charge in [0.25, 0.3) is 0 Å². The van der Waals surface area contributed by atoms with E-state index in [1.54, 1.807) is 6.07 Å². The van der Waals surface area contributed by atoms with Crippen molar-refractivity contribution in [1.82, 2.24) is 5.32 Å². The standard InChI is InChI=1S/C14H21Cl2NO2/c1-2-18-10-4-3-8-17-9-11-19-13-7-5-6-12(15)14(13)16/h5-7,17H,2-4,8-11H2,1H3. The average molecular weight is 306 g/mol. The van der Waals surface area contributed by atoms with E-state index >= 15 is 0 Å². The molecule has 3 nitrogen and oxygen atoms in total. The molecule has 0 aliphatic rings. The first-order valence-corrected chi connectivity index (χ1v) is 7.36. The van der Waals surface area contributed by atoms with Gasteiger partial charge in [-0.15, -0.1) is 0 Å². The number of nitrogens with one attached hydrogen (secondary N) is 1. The first-order chi connectivity index (χ1) is 9.25. The summed E-state index contributed by atoms with van der Waals surface area (Å²) in [6.45, 7) is 5.98. The molecule has 1 aromatic rings. The number of ether oxygens (including phenoxy) is 2. The third-order valence-corrected chi connectivity index (χ3v) is 3.35. The molecule has 0 aromatic heterocycles. The van der Waals surface area contributed by atoms with Gasteiger partial charge in [0, 0.05) is 19.8 Å². The van der Waals surface area contributed by atoms with Crippen LogP contribution in [0.5, 0.6) is 5.75 Å². The van der Waals surface area contributed by atoms with Crippen molar-refractivity contribution < 1.29 is 9.47 Å². The minimum atomic E-state index is 0.473. The molecule has 0 saturated carbocycles. The summed E-state index contributed by atoms with van der Waals surface area (Å²) in [5.74, 6) is 0.632. The normalized spacial score (nSPS) is 10.7. The monoisotopic (exact) mass is 305 g/mol. The van der Waals surface area contributed by atoms with Crippen molar-refractivity contribution >= 4 is 23.2 Å². The number of rotatable bonds is 10. The van der Waals surface area contributed by atoms with Crippen molar-refractivity contribution in [3.8, 4) is 5.75 Å². The van der Waals surface area contributed by atoms with Crippen molar-refractivity contribution in [3.63, 3.8) is 0 Å². The van der Waals surface area contributed by atoms with Gasteiger partial charge in [-0.1, -0.05) is 29.3 Å². The molecule has 0 radical (unpaired) electrons. The van der Waals surface area contributed by atoms with Crippen molar-refractivity contribution in [2.45, 2.75) is 19.8 Å². The number of halogens is 2. The highest BCUT2D eigenvalue weighted by molar-refractivity contribution is 6.42. The van der Waals surface area contributed by atoms with Crippen molar-refractivity contribution in [2.24, 2.45) is 0 Å². The largest absolute Gasteiger partial charge is 0.491 e. The SMILES string of the molecule is CCOCCCCNCCOc1cccc(Cl)c1Cl. The second-order valence-corrected chi connectivity index (χ2v) is 4.84. The molecule has 0 aliphatic heterocycles. The zero-order valence-electron chi connectivity index (χ0n) is 11.3. The van der Waals surface area contributed by atoms with Crippen LogP contribution in [-0.2, 0) is 4.74 Å². The minimum absolute atomic E-state index is 0.473. The maximum absolute atomic E-state index is 6.01. The summed E-state index contributed by atoms with van der Waals surface area (Å²) in [6, 6.07) is 5.38. The van der Waals surface area contributed by atoms with Crippen LogP contribution in [0.4, 0.5) is 0 Å². The summed E-state index contributed by atoms with van der Waals surface area (Å²) in [5.41, 5.74) is 0. The van der Waals surface area contributed by atoms with Gasteiger partial charge in [-0.25, -0.2) is 0 Å². The highest BCUT2D eigenvalue weighted by Gasteiger charge is 2.04. The Balaban J connectivity index is 2.03. The molecule has 1 aromatic carbocycles. The third-order valence-electron chi connectivity index (χ3n) is 2.55. The van der Waals surface area contributed by atoms with Crippen LogP contribution in [0, 0.1) is 0 Å². The number of hydrogen-bond donors (Lipinski definition) is 1. The lowest BCUT2D eigenvalue weighted by molar-refractivity contribution is 0.143. The van der Waals surface area contributed by atoms with E-state index in [1.165, 1.54) is 0 Å². The van der Waals surface area contributed by atoms with Crippen LogP contribution in [-0.4, -0.2) is 32.9 Å². The maximum atomic E-state index is 6.01. The van der Waals surface area contributed by atoms with Gasteiger partial charge in [0.15, 0.2) is 0 Å². The molecule has 0 saturated heterocycles. The second kappa shape index (κ2) is 10.3. The van der Waals surface area contributed by atoms with Crippen LogP contribution >= 0.6 is 23.2 Å². The summed E-state index contributed by atoms with van der Waals surface area (Å²) in [5, 5.41) is 4.30. The Morgan fingerprint density at radius 2 is 1.95 bits per heavy atom. The molecular formula is C14H21Cl2NO2. The molecular weight excluding hydrogens is 285 g/mol. The zero-order chi connectivity index (χ0) is 13.9. The average Bonchev–Trinajstić information content (AvgIpc) is 2.41. The molecule has 0 atom stereocenters. The van der Waals surface area contributed by atoms with Gasteiger partial charge in [0.1, 0.15) is 17.4 Å². The van der Waals surface area contributed by atoms with Crippen LogP contribution in [0.1, 0.15) is 19.8 Å². The Hall–Kier alpha value is -0.480. The Bertz CT molecular complexity index is 361. The van der Waals surface area contributed by atoms with Gasteiger partial charge in [0.2, 0.25) is 0 Å². The predicted molar refractivity (Wildman–Crippen MR) is 80.6 cm³/mol. The summed E-state index contributed by atoms with van der Waals surface area (Å²) in [6.07, 6.45) is 2.19. The zero-order valence-corrected chi connectivity index (χ0v) is 12.8. The molecule has 1 N–H and O–H groups in total. The van der Waals surface area contributed by atoms with Gasteiger partial charge in [-0.2, -0.15) is 0 Å². The molecule has 0 unspecified atom stereocenters. The van der Waals surface area contributed by atoms with E-state index in [-0.39, 0.29) is 0 Å². The van der Waals surface area contributed by atoms with Crippen molar-refractivity contribution in [3.05, 3.63) is 28.2 Å². The molecule has 0 bridgehead atoms. The Labute approximate surface area is 125 Å². The van der Waals surface area contributed by atoms with Crippen molar-refractivity contribution in [1.29, 1.82) is 0 Å². The summed E-state index contributed by atoms with van der Waals surface area (Å²) >= 11 is 11.9. The fraction of sp³-hybridized carbons (Fsp3) is 0.571. The highest BCUT2D eigenvalue weighted by Crippen LogP contribution is 2.31. The lowest BCUT2D eigenvalue weighted by atomic mass is 10.3. The first-order valence-electron chi connectivity index (χ1n) is 6.61. The maximum Gasteiger partial charge on any atom is 0.139 e. The molecule has 0 spiro atoms. The lowest BCUT2D eigenvalue weighted by Crippen LogP contribution is -2.22. The molecule has 0 fully saturated rings. The summed E-state index contributed by atoms with van der Waals surface area (Å²) in [4.78, 5) is 0. The Kier molecular flexibility index (Phi) is 9.01. The third kappa shape index (κ3) is 7.02. The van der Waals surface area contributed by atoms with Crippen LogP contribution in [0.2, 0.25) is 10.0 Å². The number of hydrogen-bond acceptors (Lipinski definition) is 3.